The van der Waals surface area contributed by atoms with Gasteiger partial charge in [0.15, 0.2) is 0 Å². The third-order valence-corrected chi connectivity index (χ3v) is 2.18. The average Bonchev–Trinajstić information content (AvgIpc) is 2.29. The van der Waals surface area contributed by atoms with Crippen molar-refractivity contribution in [2.45, 2.75) is 20.5 Å². The highest BCUT2D eigenvalue weighted by atomic mass is 16.5. The van der Waals surface area contributed by atoms with Gasteiger partial charge in [-0.05, 0) is 26.0 Å². The van der Waals surface area contributed by atoms with Crippen LogP contribution in [0.2, 0.25) is 0 Å². The van der Waals surface area contributed by atoms with Gasteiger partial charge < -0.3 is 9.47 Å². The number of pyridine rings is 1. The monoisotopic (exact) mass is 223 g/mol. The molecule has 0 saturated heterocycles. The average molecular weight is 223 g/mol. The number of carbonyl (C=O) groups excluding carboxylic acids is 1. The first-order valence-electron chi connectivity index (χ1n) is 5.12. The molecule has 0 aliphatic heterocycles. The Morgan fingerprint density at radius 3 is 2.75 bits per heavy atom. The van der Waals surface area contributed by atoms with Crippen LogP contribution >= 0.6 is 0 Å². The number of esters is 1. The molecule has 88 valence electrons. The lowest BCUT2D eigenvalue weighted by molar-refractivity contribution is -0.154. The maximum Gasteiger partial charge on any atom is 0.313 e. The Kier molecular flexibility index (Phi) is 4.43. The minimum atomic E-state index is -0.621. The van der Waals surface area contributed by atoms with Crippen LogP contribution in [0.1, 0.15) is 19.5 Å². The van der Waals surface area contributed by atoms with E-state index in [1.807, 2.05) is 18.2 Å². The van der Waals surface area contributed by atoms with Gasteiger partial charge in [0.05, 0.1) is 31.4 Å². The Morgan fingerprint density at radius 2 is 2.19 bits per heavy atom. The Hall–Kier alpha value is -1.42. The molecule has 16 heavy (non-hydrogen) atoms. The molecule has 0 aliphatic carbocycles. The summed E-state index contributed by atoms with van der Waals surface area (Å²) in [6.07, 6.45) is 1.71. The van der Waals surface area contributed by atoms with Crippen molar-refractivity contribution in [3.05, 3.63) is 30.1 Å². The fourth-order valence-electron chi connectivity index (χ4n) is 1.23. The quantitative estimate of drug-likeness (QED) is 0.714. The molecule has 0 atom stereocenters. The normalized spacial score (nSPS) is 11.2. The predicted octanol–water partition coefficient (Wildman–Crippen LogP) is 1.80. The van der Waals surface area contributed by atoms with Gasteiger partial charge in [-0.15, -0.1) is 0 Å². The molecule has 4 nitrogen and oxygen atoms in total. The number of methoxy groups -OCH3 is 1. The molecule has 0 fully saturated rings. The topological polar surface area (TPSA) is 48.4 Å². The second-order valence-electron chi connectivity index (χ2n) is 4.19. The van der Waals surface area contributed by atoms with E-state index in [0.29, 0.717) is 13.2 Å². The molecule has 0 bridgehead atoms. The van der Waals surface area contributed by atoms with Crippen molar-refractivity contribution in [2.24, 2.45) is 5.41 Å². The zero-order valence-electron chi connectivity index (χ0n) is 9.90. The predicted molar refractivity (Wildman–Crippen MR) is 59.7 cm³/mol. The molecule has 0 radical (unpaired) electrons. The van der Waals surface area contributed by atoms with E-state index in [1.165, 1.54) is 7.11 Å². The highest BCUT2D eigenvalue weighted by Gasteiger charge is 2.28. The molecular formula is C12H17NO3. The van der Waals surface area contributed by atoms with E-state index in [1.54, 1.807) is 20.0 Å². The van der Waals surface area contributed by atoms with Gasteiger partial charge in [-0.1, -0.05) is 6.07 Å². The molecule has 0 unspecified atom stereocenters. The fraction of sp³-hybridized carbons (Fsp3) is 0.500. The summed E-state index contributed by atoms with van der Waals surface area (Å²) in [5.74, 6) is -0.270. The Morgan fingerprint density at radius 1 is 1.44 bits per heavy atom. The first-order valence-corrected chi connectivity index (χ1v) is 5.12. The fourth-order valence-corrected chi connectivity index (χ4v) is 1.23. The molecule has 4 heteroatoms. The van der Waals surface area contributed by atoms with Crippen LogP contribution in [-0.4, -0.2) is 24.7 Å². The number of ether oxygens (including phenoxy) is 2. The molecule has 1 heterocycles. The van der Waals surface area contributed by atoms with E-state index in [0.717, 1.165) is 5.69 Å². The highest BCUT2D eigenvalue weighted by Crippen LogP contribution is 2.17. The lowest BCUT2D eigenvalue weighted by Crippen LogP contribution is -2.30. The van der Waals surface area contributed by atoms with E-state index >= 15 is 0 Å². The smallest absolute Gasteiger partial charge is 0.313 e. The number of hydrogen-bond acceptors (Lipinski definition) is 4. The summed E-state index contributed by atoms with van der Waals surface area (Å²) in [5, 5.41) is 0. The van der Waals surface area contributed by atoms with E-state index in [4.69, 9.17) is 4.74 Å². The van der Waals surface area contributed by atoms with Crippen molar-refractivity contribution in [1.82, 2.24) is 4.98 Å². The molecular weight excluding hydrogens is 206 g/mol. The van der Waals surface area contributed by atoms with Gasteiger partial charge in [0.2, 0.25) is 0 Å². The lowest BCUT2D eigenvalue weighted by Gasteiger charge is -2.20. The molecule has 0 amide bonds. The summed E-state index contributed by atoms with van der Waals surface area (Å²) in [6, 6.07) is 5.63. The Bertz CT molecular complexity index is 335. The van der Waals surface area contributed by atoms with Crippen molar-refractivity contribution < 1.29 is 14.3 Å². The van der Waals surface area contributed by atoms with Crippen molar-refractivity contribution in [3.63, 3.8) is 0 Å². The van der Waals surface area contributed by atoms with Gasteiger partial charge in [-0.2, -0.15) is 0 Å². The minimum absolute atomic E-state index is 0.270. The molecule has 1 aromatic heterocycles. The Balaban J connectivity index is 2.38. The number of carbonyl (C=O) groups is 1. The second-order valence-corrected chi connectivity index (χ2v) is 4.19. The number of nitrogens with zero attached hydrogens (tertiary/aromatic N) is 1. The first-order chi connectivity index (χ1) is 7.56. The van der Waals surface area contributed by atoms with E-state index in [-0.39, 0.29) is 5.97 Å². The molecule has 1 rings (SSSR count). The SMILES string of the molecule is COC(=O)C(C)(C)COCc1ccccn1. The van der Waals surface area contributed by atoms with Crippen molar-refractivity contribution in [1.29, 1.82) is 0 Å². The molecule has 0 saturated carbocycles. The van der Waals surface area contributed by atoms with Crippen LogP contribution in [0.15, 0.2) is 24.4 Å². The lowest BCUT2D eigenvalue weighted by atomic mass is 9.95. The third kappa shape index (κ3) is 3.62. The van der Waals surface area contributed by atoms with Crippen LogP contribution in [-0.2, 0) is 20.9 Å². The van der Waals surface area contributed by atoms with Gasteiger partial charge in [-0.25, -0.2) is 0 Å². The zero-order chi connectivity index (χ0) is 12.0. The van der Waals surface area contributed by atoms with E-state index in [9.17, 15) is 4.79 Å². The number of aromatic nitrogens is 1. The summed E-state index contributed by atoms with van der Waals surface area (Å²) in [5.41, 5.74) is 0.229. The van der Waals surface area contributed by atoms with Gasteiger partial charge >= 0.3 is 5.97 Å². The van der Waals surface area contributed by atoms with Crippen LogP contribution in [0.5, 0.6) is 0 Å². The van der Waals surface area contributed by atoms with E-state index < -0.39 is 5.41 Å². The van der Waals surface area contributed by atoms with Crippen molar-refractivity contribution in [2.75, 3.05) is 13.7 Å². The molecule has 0 N–H and O–H groups in total. The third-order valence-electron chi connectivity index (χ3n) is 2.18. The molecule has 1 aromatic rings. The zero-order valence-corrected chi connectivity index (χ0v) is 9.90. The molecule has 0 aliphatic rings. The van der Waals surface area contributed by atoms with Gasteiger partial charge in [-0.3, -0.25) is 9.78 Å². The minimum Gasteiger partial charge on any atom is -0.469 e. The van der Waals surface area contributed by atoms with Crippen LogP contribution in [0, 0.1) is 5.41 Å². The standard InChI is InChI=1S/C12H17NO3/c1-12(2,11(14)15-3)9-16-8-10-6-4-5-7-13-10/h4-7H,8-9H2,1-3H3. The van der Waals surface area contributed by atoms with Gasteiger partial charge in [0, 0.05) is 6.20 Å². The van der Waals surface area contributed by atoms with Gasteiger partial charge in [0.25, 0.3) is 0 Å². The van der Waals surface area contributed by atoms with E-state index in [2.05, 4.69) is 9.72 Å². The van der Waals surface area contributed by atoms with Crippen LogP contribution < -0.4 is 0 Å². The second kappa shape index (κ2) is 5.61. The summed E-state index contributed by atoms with van der Waals surface area (Å²) < 4.78 is 10.1. The van der Waals surface area contributed by atoms with Crippen LogP contribution in [0.4, 0.5) is 0 Å². The maximum atomic E-state index is 11.4. The summed E-state index contributed by atoms with van der Waals surface area (Å²) in [4.78, 5) is 15.5. The summed E-state index contributed by atoms with van der Waals surface area (Å²) in [6.45, 7) is 4.30. The summed E-state index contributed by atoms with van der Waals surface area (Å²) >= 11 is 0. The first kappa shape index (κ1) is 12.6. The van der Waals surface area contributed by atoms with Crippen LogP contribution in [0.3, 0.4) is 0 Å². The number of hydrogen-bond donors (Lipinski definition) is 0. The molecule has 0 spiro atoms. The van der Waals surface area contributed by atoms with Crippen molar-refractivity contribution in [3.8, 4) is 0 Å². The van der Waals surface area contributed by atoms with Crippen LogP contribution in [0.25, 0.3) is 0 Å². The Labute approximate surface area is 95.6 Å². The van der Waals surface area contributed by atoms with Crippen molar-refractivity contribution >= 4 is 5.97 Å². The maximum absolute atomic E-state index is 11.4. The molecule has 0 aromatic carbocycles. The summed E-state index contributed by atoms with van der Waals surface area (Å²) in [7, 11) is 1.38. The highest BCUT2D eigenvalue weighted by molar-refractivity contribution is 5.75. The van der Waals surface area contributed by atoms with Gasteiger partial charge in [0.1, 0.15) is 0 Å². The number of rotatable bonds is 5. The largest absolute Gasteiger partial charge is 0.469 e.